The first kappa shape index (κ1) is 13.0. The minimum atomic E-state index is -0.234. The Labute approximate surface area is 122 Å². The van der Waals surface area contributed by atoms with Gasteiger partial charge in [0.05, 0.1) is 17.3 Å². The molecular formula is C11H9IN4OS. The van der Waals surface area contributed by atoms with Gasteiger partial charge in [0.1, 0.15) is 10.8 Å². The highest BCUT2D eigenvalue weighted by atomic mass is 127. The molecule has 2 aromatic rings. The van der Waals surface area contributed by atoms with Gasteiger partial charge in [0.15, 0.2) is 0 Å². The SMILES string of the molecule is NC(=S)c1cn[nH]c1NC(=O)c1ccccc1I. The summed E-state index contributed by atoms with van der Waals surface area (Å²) in [6.07, 6.45) is 1.48. The van der Waals surface area contributed by atoms with E-state index in [2.05, 4.69) is 38.1 Å². The lowest BCUT2D eigenvalue weighted by atomic mass is 10.2. The molecule has 18 heavy (non-hydrogen) atoms. The third-order valence-electron chi connectivity index (χ3n) is 2.26. The quantitative estimate of drug-likeness (QED) is 0.568. The van der Waals surface area contributed by atoms with E-state index in [4.69, 9.17) is 18.0 Å². The number of anilines is 1. The van der Waals surface area contributed by atoms with Gasteiger partial charge in [-0.3, -0.25) is 9.89 Å². The number of amides is 1. The van der Waals surface area contributed by atoms with Crippen molar-refractivity contribution in [2.75, 3.05) is 5.32 Å². The first-order chi connectivity index (χ1) is 8.59. The molecule has 4 N–H and O–H groups in total. The van der Waals surface area contributed by atoms with Gasteiger partial charge in [-0.25, -0.2) is 0 Å². The van der Waals surface area contributed by atoms with Gasteiger partial charge in [-0.05, 0) is 34.7 Å². The molecule has 1 amide bonds. The summed E-state index contributed by atoms with van der Waals surface area (Å²) in [7, 11) is 0. The number of hydrogen-bond donors (Lipinski definition) is 3. The number of thiocarbonyl (C=S) groups is 1. The standard InChI is InChI=1S/C11H9IN4OS/c12-8-4-2-1-3-6(8)11(17)15-10-7(9(13)18)5-14-16-10/h1-5H,(H2,13,18)(H2,14,15,16,17). The highest BCUT2D eigenvalue weighted by molar-refractivity contribution is 14.1. The van der Waals surface area contributed by atoms with Crippen molar-refractivity contribution in [3.05, 3.63) is 45.2 Å². The van der Waals surface area contributed by atoms with E-state index in [-0.39, 0.29) is 10.9 Å². The van der Waals surface area contributed by atoms with Crippen LogP contribution in [0, 0.1) is 3.57 Å². The van der Waals surface area contributed by atoms with Crippen molar-refractivity contribution in [3.8, 4) is 0 Å². The Kier molecular flexibility index (Phi) is 3.92. The molecule has 0 bridgehead atoms. The van der Waals surface area contributed by atoms with E-state index in [1.807, 2.05) is 12.1 Å². The summed E-state index contributed by atoms with van der Waals surface area (Å²) in [6.45, 7) is 0. The van der Waals surface area contributed by atoms with E-state index in [0.717, 1.165) is 3.57 Å². The molecule has 2 rings (SSSR count). The second kappa shape index (κ2) is 5.44. The zero-order valence-electron chi connectivity index (χ0n) is 9.11. The number of aromatic amines is 1. The van der Waals surface area contributed by atoms with E-state index in [0.29, 0.717) is 16.9 Å². The molecule has 0 spiro atoms. The van der Waals surface area contributed by atoms with Crippen LogP contribution in [0.2, 0.25) is 0 Å². The fraction of sp³-hybridized carbons (Fsp3) is 0. The van der Waals surface area contributed by atoms with Gasteiger partial charge in [0.2, 0.25) is 0 Å². The van der Waals surface area contributed by atoms with Crippen LogP contribution >= 0.6 is 34.8 Å². The second-order valence-electron chi connectivity index (χ2n) is 3.46. The number of carbonyl (C=O) groups is 1. The molecule has 0 radical (unpaired) electrons. The maximum atomic E-state index is 12.1. The minimum Gasteiger partial charge on any atom is -0.389 e. The minimum absolute atomic E-state index is 0.182. The molecule has 5 nitrogen and oxygen atoms in total. The van der Waals surface area contributed by atoms with Crippen LogP contribution < -0.4 is 11.1 Å². The number of nitrogens with one attached hydrogen (secondary N) is 2. The Hall–Kier alpha value is -1.48. The van der Waals surface area contributed by atoms with Crippen molar-refractivity contribution in [2.24, 2.45) is 5.73 Å². The summed E-state index contributed by atoms with van der Waals surface area (Å²) in [5, 5.41) is 9.16. The zero-order chi connectivity index (χ0) is 13.1. The van der Waals surface area contributed by atoms with Crippen LogP contribution in [0.3, 0.4) is 0 Å². The Morgan fingerprint density at radius 1 is 1.39 bits per heavy atom. The maximum absolute atomic E-state index is 12.1. The number of nitrogens with two attached hydrogens (primary N) is 1. The summed E-state index contributed by atoms with van der Waals surface area (Å²) in [4.78, 5) is 12.2. The van der Waals surface area contributed by atoms with Gasteiger partial charge in [-0.2, -0.15) is 5.10 Å². The summed E-state index contributed by atoms with van der Waals surface area (Å²) in [6, 6.07) is 7.28. The number of hydrogen-bond acceptors (Lipinski definition) is 3. The lowest BCUT2D eigenvalue weighted by Crippen LogP contribution is -2.17. The lowest BCUT2D eigenvalue weighted by molar-refractivity contribution is 0.102. The van der Waals surface area contributed by atoms with Crippen LogP contribution in [-0.2, 0) is 0 Å². The molecule has 0 saturated heterocycles. The predicted octanol–water partition coefficient (Wildman–Crippen LogP) is 1.90. The van der Waals surface area contributed by atoms with Crippen molar-refractivity contribution >= 4 is 51.5 Å². The van der Waals surface area contributed by atoms with Gasteiger partial charge in [0.25, 0.3) is 5.91 Å². The zero-order valence-corrected chi connectivity index (χ0v) is 12.1. The first-order valence-corrected chi connectivity index (χ1v) is 6.47. The summed E-state index contributed by atoms with van der Waals surface area (Å²) >= 11 is 6.97. The molecule has 0 aliphatic heterocycles. The van der Waals surface area contributed by atoms with Crippen molar-refractivity contribution in [1.82, 2.24) is 10.2 Å². The Balaban J connectivity index is 2.25. The Morgan fingerprint density at radius 2 is 2.11 bits per heavy atom. The fourth-order valence-electron chi connectivity index (χ4n) is 1.39. The molecule has 0 unspecified atom stereocenters. The Bertz CT molecular complexity index is 611. The molecule has 0 saturated carbocycles. The van der Waals surface area contributed by atoms with E-state index in [1.54, 1.807) is 12.1 Å². The molecule has 1 heterocycles. The van der Waals surface area contributed by atoms with Gasteiger partial charge in [-0.1, -0.05) is 24.4 Å². The summed E-state index contributed by atoms with van der Waals surface area (Å²) < 4.78 is 0.865. The van der Waals surface area contributed by atoms with Crippen molar-refractivity contribution in [3.63, 3.8) is 0 Å². The number of halogens is 1. The third kappa shape index (κ3) is 2.67. The molecular weight excluding hydrogens is 363 g/mol. The van der Waals surface area contributed by atoms with Crippen molar-refractivity contribution < 1.29 is 4.79 Å². The van der Waals surface area contributed by atoms with Gasteiger partial charge < -0.3 is 11.1 Å². The van der Waals surface area contributed by atoms with Crippen LogP contribution in [0.4, 0.5) is 5.82 Å². The summed E-state index contributed by atoms with van der Waals surface area (Å²) in [5.41, 5.74) is 6.62. The van der Waals surface area contributed by atoms with Gasteiger partial charge in [-0.15, -0.1) is 0 Å². The van der Waals surface area contributed by atoms with Crippen LogP contribution in [-0.4, -0.2) is 21.1 Å². The van der Waals surface area contributed by atoms with Crippen molar-refractivity contribution in [1.29, 1.82) is 0 Å². The van der Waals surface area contributed by atoms with Crippen LogP contribution in [0.1, 0.15) is 15.9 Å². The summed E-state index contributed by atoms with van der Waals surface area (Å²) in [5.74, 6) is 0.175. The first-order valence-electron chi connectivity index (χ1n) is 4.98. The van der Waals surface area contributed by atoms with E-state index >= 15 is 0 Å². The normalized spacial score (nSPS) is 10.1. The second-order valence-corrected chi connectivity index (χ2v) is 5.06. The highest BCUT2D eigenvalue weighted by Gasteiger charge is 2.14. The molecule has 1 aromatic heterocycles. The fourth-order valence-corrected chi connectivity index (χ4v) is 2.18. The van der Waals surface area contributed by atoms with Crippen LogP contribution in [0.5, 0.6) is 0 Å². The van der Waals surface area contributed by atoms with Gasteiger partial charge >= 0.3 is 0 Å². The third-order valence-corrected chi connectivity index (χ3v) is 3.42. The van der Waals surface area contributed by atoms with Gasteiger partial charge in [0, 0.05) is 3.57 Å². The molecule has 0 aliphatic rings. The predicted molar refractivity (Wildman–Crippen MR) is 81.6 cm³/mol. The average Bonchev–Trinajstić information content (AvgIpc) is 2.77. The molecule has 92 valence electrons. The topological polar surface area (TPSA) is 83.8 Å². The molecule has 7 heteroatoms. The smallest absolute Gasteiger partial charge is 0.257 e. The highest BCUT2D eigenvalue weighted by Crippen LogP contribution is 2.15. The lowest BCUT2D eigenvalue weighted by Gasteiger charge is -2.06. The van der Waals surface area contributed by atoms with Crippen molar-refractivity contribution in [2.45, 2.75) is 0 Å². The number of H-pyrrole nitrogens is 1. The van der Waals surface area contributed by atoms with E-state index in [9.17, 15) is 4.79 Å². The van der Waals surface area contributed by atoms with E-state index < -0.39 is 0 Å². The van der Waals surface area contributed by atoms with Crippen LogP contribution in [0.15, 0.2) is 30.5 Å². The molecule has 0 atom stereocenters. The Morgan fingerprint density at radius 3 is 2.78 bits per heavy atom. The number of benzene rings is 1. The maximum Gasteiger partial charge on any atom is 0.257 e. The monoisotopic (exact) mass is 372 g/mol. The number of rotatable bonds is 3. The molecule has 0 fully saturated rings. The number of nitrogens with zero attached hydrogens (tertiary/aromatic N) is 1. The van der Waals surface area contributed by atoms with Crippen LogP contribution in [0.25, 0.3) is 0 Å². The van der Waals surface area contributed by atoms with E-state index in [1.165, 1.54) is 6.20 Å². The number of aromatic nitrogens is 2. The number of carbonyl (C=O) groups excluding carboxylic acids is 1. The molecule has 0 aliphatic carbocycles. The largest absolute Gasteiger partial charge is 0.389 e. The average molecular weight is 372 g/mol. The molecule has 1 aromatic carbocycles.